The van der Waals surface area contributed by atoms with Gasteiger partial charge in [-0.25, -0.2) is 4.79 Å². The van der Waals surface area contributed by atoms with E-state index in [0.717, 1.165) is 0 Å². The summed E-state index contributed by atoms with van der Waals surface area (Å²) < 4.78 is 5.07. The summed E-state index contributed by atoms with van der Waals surface area (Å²) in [5, 5.41) is 19.8. The average molecular weight is 358 g/mol. The van der Waals surface area contributed by atoms with E-state index in [0.29, 0.717) is 39.3 Å². The zero-order chi connectivity index (χ0) is 18.0. The molecule has 0 fully saturated rings. The first-order valence-corrected chi connectivity index (χ1v) is 8.00. The van der Waals surface area contributed by atoms with E-state index in [4.69, 9.17) is 16.3 Å². The minimum Gasteiger partial charge on any atom is -0.505 e. The van der Waals surface area contributed by atoms with Crippen molar-refractivity contribution < 1.29 is 14.6 Å². The van der Waals surface area contributed by atoms with Crippen LogP contribution in [0, 0.1) is 0 Å². The van der Waals surface area contributed by atoms with E-state index in [9.17, 15) is 9.90 Å². The Bertz CT molecular complexity index is 965. The largest absolute Gasteiger partial charge is 0.505 e. The van der Waals surface area contributed by atoms with Crippen molar-refractivity contribution in [1.82, 2.24) is 15.0 Å². The predicted molar refractivity (Wildman–Crippen MR) is 95.0 cm³/mol. The topological polar surface area (TPSA) is 77.2 Å². The fourth-order valence-electron chi connectivity index (χ4n) is 2.31. The van der Waals surface area contributed by atoms with Gasteiger partial charge in [-0.1, -0.05) is 30.3 Å². The van der Waals surface area contributed by atoms with Crippen LogP contribution in [0.4, 0.5) is 0 Å². The number of benzene rings is 2. The number of aromatic nitrogens is 3. The van der Waals surface area contributed by atoms with E-state index < -0.39 is 5.97 Å². The fourth-order valence-corrected chi connectivity index (χ4v) is 2.48. The molecule has 0 aliphatic heterocycles. The molecule has 2 aromatic carbocycles. The summed E-state index contributed by atoms with van der Waals surface area (Å²) in [6.07, 6.45) is 0.366. The summed E-state index contributed by atoms with van der Waals surface area (Å²) in [7, 11) is 0. The highest BCUT2D eigenvalue weighted by molar-refractivity contribution is 6.31. The molecular formula is C18H16ClN3O3. The number of carbonyl (C=O) groups excluding carboxylic acids is 1. The molecule has 128 valence electrons. The lowest BCUT2D eigenvalue weighted by atomic mass is 10.1. The van der Waals surface area contributed by atoms with Gasteiger partial charge in [0.25, 0.3) is 0 Å². The highest BCUT2D eigenvalue weighted by atomic mass is 35.5. The molecule has 0 saturated heterocycles. The van der Waals surface area contributed by atoms with Gasteiger partial charge in [-0.3, -0.25) is 0 Å². The predicted octanol–water partition coefficient (Wildman–Crippen LogP) is 3.44. The molecule has 6 nitrogen and oxygen atoms in total. The smallest absolute Gasteiger partial charge is 0.333 e. The number of aromatic hydroxyl groups is 1. The third-order valence-electron chi connectivity index (χ3n) is 3.61. The van der Waals surface area contributed by atoms with Gasteiger partial charge in [0, 0.05) is 17.0 Å². The van der Waals surface area contributed by atoms with E-state index in [-0.39, 0.29) is 12.4 Å². The Morgan fingerprint density at radius 3 is 2.80 bits per heavy atom. The Balaban J connectivity index is 1.84. The van der Waals surface area contributed by atoms with E-state index in [1.54, 1.807) is 43.3 Å². The Hall–Kier alpha value is -2.86. The molecule has 7 heteroatoms. The Morgan fingerprint density at radius 1 is 1.28 bits per heavy atom. The highest BCUT2D eigenvalue weighted by Crippen LogP contribution is 2.27. The number of phenols is 1. The van der Waals surface area contributed by atoms with Crippen LogP contribution < -0.4 is 0 Å². The zero-order valence-corrected chi connectivity index (χ0v) is 14.3. The van der Waals surface area contributed by atoms with Crippen LogP contribution in [0.3, 0.4) is 0 Å². The number of fused-ring (bicyclic) bond motifs is 1. The van der Waals surface area contributed by atoms with Gasteiger partial charge in [0.05, 0.1) is 6.61 Å². The Kier molecular flexibility index (Phi) is 4.72. The summed E-state index contributed by atoms with van der Waals surface area (Å²) in [4.78, 5) is 12.8. The second kappa shape index (κ2) is 6.94. The van der Waals surface area contributed by atoms with Gasteiger partial charge in [0.15, 0.2) is 0 Å². The van der Waals surface area contributed by atoms with E-state index in [1.165, 1.54) is 4.80 Å². The molecule has 0 unspecified atom stereocenters. The maximum atomic E-state index is 11.4. The summed E-state index contributed by atoms with van der Waals surface area (Å²) in [6.45, 7) is 5.26. The van der Waals surface area contributed by atoms with Crippen molar-refractivity contribution in [3.05, 3.63) is 59.1 Å². The second-order valence-electron chi connectivity index (χ2n) is 5.57. The van der Waals surface area contributed by atoms with Crippen molar-refractivity contribution in [1.29, 1.82) is 0 Å². The molecule has 1 aromatic heterocycles. The third kappa shape index (κ3) is 3.64. The minimum absolute atomic E-state index is 0.0419. The van der Waals surface area contributed by atoms with Crippen LogP contribution in [0.2, 0.25) is 5.02 Å². The first-order valence-electron chi connectivity index (χ1n) is 7.62. The normalized spacial score (nSPS) is 10.8. The molecule has 1 heterocycles. The van der Waals surface area contributed by atoms with Gasteiger partial charge in [-0.05, 0) is 36.8 Å². The number of esters is 1. The number of phenolic OH excluding ortho intramolecular Hbond substituents is 1. The Labute approximate surface area is 149 Å². The van der Waals surface area contributed by atoms with Crippen LogP contribution >= 0.6 is 11.6 Å². The van der Waals surface area contributed by atoms with Crippen molar-refractivity contribution in [2.75, 3.05) is 6.61 Å². The maximum absolute atomic E-state index is 11.4. The van der Waals surface area contributed by atoms with E-state index >= 15 is 0 Å². The van der Waals surface area contributed by atoms with Gasteiger partial charge in [-0.2, -0.15) is 0 Å². The highest BCUT2D eigenvalue weighted by Gasteiger charge is 2.13. The number of rotatable bonds is 5. The lowest BCUT2D eigenvalue weighted by Crippen LogP contribution is -2.08. The van der Waals surface area contributed by atoms with Crippen molar-refractivity contribution in [2.45, 2.75) is 13.3 Å². The summed E-state index contributed by atoms with van der Waals surface area (Å²) in [6, 6.07) is 10.4. The molecule has 0 saturated carbocycles. The summed E-state index contributed by atoms with van der Waals surface area (Å²) in [5.41, 5.74) is 2.71. The standard InChI is InChI=1S/C18H16ClN3O3/c1-11(2)18(24)25-9-8-12-4-3-5-16(17(12)23)22-20-14-7-6-13(19)10-15(14)21-22/h3-7,10,23H,1,8-9H2,2H3. The molecule has 3 aromatic rings. The lowest BCUT2D eigenvalue weighted by molar-refractivity contribution is -0.138. The third-order valence-corrected chi connectivity index (χ3v) is 3.84. The van der Waals surface area contributed by atoms with Crippen LogP contribution in [0.1, 0.15) is 12.5 Å². The zero-order valence-electron chi connectivity index (χ0n) is 13.6. The molecule has 1 N–H and O–H groups in total. The SMILES string of the molecule is C=C(C)C(=O)OCCc1cccc(-n2nc3ccc(Cl)cc3n2)c1O. The van der Waals surface area contributed by atoms with E-state index in [1.807, 2.05) is 0 Å². The fraction of sp³-hybridized carbons (Fsp3) is 0.167. The number of carbonyl (C=O) groups is 1. The first kappa shape index (κ1) is 17.0. The maximum Gasteiger partial charge on any atom is 0.333 e. The molecule has 0 atom stereocenters. The number of nitrogens with zero attached hydrogens (tertiary/aromatic N) is 3. The van der Waals surface area contributed by atoms with E-state index in [2.05, 4.69) is 16.8 Å². The molecule has 0 bridgehead atoms. The molecule has 0 aliphatic rings. The molecule has 0 spiro atoms. The lowest BCUT2D eigenvalue weighted by Gasteiger charge is -2.09. The van der Waals surface area contributed by atoms with Crippen LogP contribution in [-0.4, -0.2) is 32.7 Å². The Morgan fingerprint density at radius 2 is 2.04 bits per heavy atom. The number of para-hydroxylation sites is 1. The number of hydrogen-bond acceptors (Lipinski definition) is 5. The summed E-state index contributed by atoms with van der Waals surface area (Å²) in [5.74, 6) is -0.409. The molecule has 0 aliphatic carbocycles. The van der Waals surface area contributed by atoms with Crippen molar-refractivity contribution >= 4 is 28.6 Å². The monoisotopic (exact) mass is 357 g/mol. The quantitative estimate of drug-likeness (QED) is 0.559. The summed E-state index contributed by atoms with van der Waals surface area (Å²) >= 11 is 5.96. The average Bonchev–Trinajstić information content (AvgIpc) is 2.98. The van der Waals surface area contributed by atoms with Crippen LogP contribution in [0.25, 0.3) is 16.7 Å². The van der Waals surface area contributed by atoms with Crippen LogP contribution in [0.15, 0.2) is 48.6 Å². The minimum atomic E-state index is -0.451. The van der Waals surface area contributed by atoms with Crippen molar-refractivity contribution in [3.63, 3.8) is 0 Å². The van der Waals surface area contributed by atoms with Gasteiger partial charge < -0.3 is 9.84 Å². The molecule has 3 rings (SSSR count). The van der Waals surface area contributed by atoms with Crippen LogP contribution in [-0.2, 0) is 16.0 Å². The van der Waals surface area contributed by atoms with Gasteiger partial charge in [0.2, 0.25) is 0 Å². The molecule has 25 heavy (non-hydrogen) atoms. The van der Waals surface area contributed by atoms with Gasteiger partial charge in [0.1, 0.15) is 22.5 Å². The molecule has 0 amide bonds. The first-order chi connectivity index (χ1) is 12.0. The second-order valence-corrected chi connectivity index (χ2v) is 6.01. The number of halogens is 1. The molecule has 0 radical (unpaired) electrons. The molecular weight excluding hydrogens is 342 g/mol. The van der Waals surface area contributed by atoms with Gasteiger partial charge >= 0.3 is 5.97 Å². The van der Waals surface area contributed by atoms with Crippen molar-refractivity contribution in [2.24, 2.45) is 0 Å². The number of ether oxygens (including phenoxy) is 1. The van der Waals surface area contributed by atoms with Gasteiger partial charge in [-0.15, -0.1) is 15.0 Å². The number of hydrogen-bond donors (Lipinski definition) is 1. The van der Waals surface area contributed by atoms with Crippen molar-refractivity contribution in [3.8, 4) is 11.4 Å². The van der Waals surface area contributed by atoms with Crippen LogP contribution in [0.5, 0.6) is 5.75 Å².